The van der Waals surface area contributed by atoms with Gasteiger partial charge in [-0.3, -0.25) is 19.4 Å². The van der Waals surface area contributed by atoms with Gasteiger partial charge in [-0.15, -0.1) is 0 Å². The van der Waals surface area contributed by atoms with Crippen LogP contribution in [0.15, 0.2) is 97.5 Å². The average molecular weight is 1210 g/mol. The number of piperidine rings is 3. The molecule has 0 bridgehead atoms. The van der Waals surface area contributed by atoms with Crippen molar-refractivity contribution in [2.45, 2.75) is 95.9 Å². The number of nitrogens with zero attached hydrogens (tertiary/aromatic N) is 7. The van der Waals surface area contributed by atoms with E-state index in [1.807, 2.05) is 52.1 Å². The molecule has 0 spiro atoms. The zero-order valence-corrected chi connectivity index (χ0v) is 49.0. The monoisotopic (exact) mass is 1210 g/mol. The summed E-state index contributed by atoms with van der Waals surface area (Å²) in [7, 11) is 1.82. The maximum absolute atomic E-state index is 15.1. The molecule has 6 aromatic rings. The van der Waals surface area contributed by atoms with Gasteiger partial charge in [-0.05, 0) is 104 Å². The van der Waals surface area contributed by atoms with Crippen LogP contribution in [0.4, 0.5) is 32.2 Å². The first kappa shape index (κ1) is 64.1. The molecule has 0 unspecified atom stereocenters. The minimum absolute atomic E-state index is 0.0911. The van der Waals surface area contributed by atoms with Gasteiger partial charge < -0.3 is 36.0 Å². The molecule has 0 aliphatic carbocycles. The lowest BCUT2D eigenvalue weighted by molar-refractivity contribution is 0.0424. The molecule has 9 rings (SSSR count). The van der Waals surface area contributed by atoms with Gasteiger partial charge in [0.05, 0.1) is 33.0 Å². The van der Waals surface area contributed by atoms with E-state index in [1.165, 1.54) is 48.5 Å². The van der Waals surface area contributed by atoms with Crippen LogP contribution in [0.2, 0.25) is 15.1 Å². The van der Waals surface area contributed by atoms with E-state index in [0.29, 0.717) is 81.4 Å². The number of pyridine rings is 2. The molecule has 3 saturated heterocycles. The summed E-state index contributed by atoms with van der Waals surface area (Å²) in [5.74, 6) is -1.05. The molecular formula is C60H68Cl3F6N11O3. The molecule has 3 amide bonds. The number of alkyl halides is 3. The Morgan fingerprint density at radius 3 is 1.22 bits per heavy atom. The third kappa shape index (κ3) is 18.5. The number of halogens is 9. The lowest BCUT2D eigenvalue weighted by atomic mass is 9.92. The van der Waals surface area contributed by atoms with Gasteiger partial charge in [0.1, 0.15) is 46.1 Å². The third-order valence-corrected chi connectivity index (χ3v) is 15.6. The van der Waals surface area contributed by atoms with E-state index in [9.17, 15) is 31.9 Å². The minimum atomic E-state index is -1.39. The fourth-order valence-corrected chi connectivity index (χ4v) is 10.1. The molecule has 23 heteroatoms. The van der Waals surface area contributed by atoms with Gasteiger partial charge in [0.15, 0.2) is 0 Å². The zero-order chi connectivity index (χ0) is 59.9. The van der Waals surface area contributed by atoms with Crippen molar-refractivity contribution in [1.29, 1.82) is 0 Å². The summed E-state index contributed by atoms with van der Waals surface area (Å²) >= 11 is 17.2. The van der Waals surface area contributed by atoms with Crippen LogP contribution in [0, 0.1) is 38.2 Å². The molecule has 0 saturated carbocycles. The van der Waals surface area contributed by atoms with Gasteiger partial charge in [-0.25, -0.2) is 41.3 Å². The SMILES string of the molecule is CNc1nc(CNCC2(F)CCN(C(=O)c3ccc(F)c(Cl)c3)CC2)ccc1C.Cc1ccc(CNCC2(F)CCN(C(=O)c3ccc(F)c(Cl)c3)CC2)nc1.Cc1cnc(CNCC2(F)CCN(C(=O)c3ccc(F)c(Cl)c3)CC2)nc1. The number of aromatic nitrogens is 4. The highest BCUT2D eigenvalue weighted by Crippen LogP contribution is 2.31. The van der Waals surface area contributed by atoms with Crippen LogP contribution >= 0.6 is 34.8 Å². The molecule has 3 aliphatic rings. The fourth-order valence-electron chi connectivity index (χ4n) is 9.56. The molecule has 3 aromatic carbocycles. The largest absolute Gasteiger partial charge is 0.373 e. The predicted octanol–water partition coefficient (Wildman–Crippen LogP) is 11.2. The Morgan fingerprint density at radius 1 is 0.494 bits per heavy atom. The number of aryl methyl sites for hydroxylation is 3. The van der Waals surface area contributed by atoms with E-state index in [-0.39, 0.29) is 90.9 Å². The van der Waals surface area contributed by atoms with Crippen molar-refractivity contribution < 1.29 is 40.7 Å². The van der Waals surface area contributed by atoms with E-state index in [0.717, 1.165) is 40.0 Å². The van der Waals surface area contributed by atoms with Crippen molar-refractivity contribution in [2.75, 3.05) is 71.3 Å². The zero-order valence-electron chi connectivity index (χ0n) is 46.7. The highest BCUT2D eigenvalue weighted by Gasteiger charge is 2.38. The first-order valence-corrected chi connectivity index (χ1v) is 28.4. The molecule has 444 valence electrons. The second kappa shape index (κ2) is 29.4. The Morgan fingerprint density at radius 2 is 0.855 bits per heavy atom. The lowest BCUT2D eigenvalue weighted by Gasteiger charge is -2.36. The number of likely N-dealkylation sites (tertiary alicyclic amines) is 3. The maximum Gasteiger partial charge on any atom is 0.253 e. The summed E-state index contributed by atoms with van der Waals surface area (Å²) in [6.45, 7) is 9.63. The van der Waals surface area contributed by atoms with Crippen molar-refractivity contribution in [3.05, 3.63) is 181 Å². The number of hydrogen-bond donors (Lipinski definition) is 4. The molecule has 3 aromatic heterocycles. The highest BCUT2D eigenvalue weighted by molar-refractivity contribution is 6.31. The van der Waals surface area contributed by atoms with E-state index in [2.05, 4.69) is 41.2 Å². The number of carbonyl (C=O) groups excluding carboxylic acids is 3. The van der Waals surface area contributed by atoms with E-state index in [4.69, 9.17) is 34.8 Å². The van der Waals surface area contributed by atoms with E-state index < -0.39 is 34.5 Å². The fraction of sp³-hybridized carbons (Fsp3) is 0.417. The van der Waals surface area contributed by atoms with Gasteiger partial charge >= 0.3 is 0 Å². The molecule has 83 heavy (non-hydrogen) atoms. The van der Waals surface area contributed by atoms with Crippen molar-refractivity contribution >= 4 is 58.3 Å². The van der Waals surface area contributed by atoms with Crippen LogP contribution in [0.25, 0.3) is 0 Å². The molecule has 0 radical (unpaired) electrons. The molecule has 14 nitrogen and oxygen atoms in total. The Kier molecular flexibility index (Phi) is 22.7. The van der Waals surface area contributed by atoms with Crippen LogP contribution in [0.1, 0.15) is 104 Å². The first-order chi connectivity index (χ1) is 39.5. The average Bonchev–Trinajstić information content (AvgIpc) is 3.61. The first-order valence-electron chi connectivity index (χ1n) is 27.3. The smallest absolute Gasteiger partial charge is 0.253 e. The normalized spacial score (nSPS) is 16.2. The number of hydrogen-bond acceptors (Lipinski definition) is 11. The molecule has 3 aliphatic heterocycles. The summed E-state index contributed by atoms with van der Waals surface area (Å²) < 4.78 is 84.9. The Bertz CT molecular complexity index is 3030. The van der Waals surface area contributed by atoms with Gasteiger partial charge in [0, 0.05) is 153 Å². The lowest BCUT2D eigenvalue weighted by Crippen LogP contribution is -2.48. The maximum atomic E-state index is 15.1. The number of benzene rings is 3. The van der Waals surface area contributed by atoms with Gasteiger partial charge in [-0.2, -0.15) is 0 Å². The Labute approximate surface area is 495 Å². The number of rotatable bonds is 16. The van der Waals surface area contributed by atoms with Gasteiger partial charge in [0.25, 0.3) is 17.7 Å². The van der Waals surface area contributed by atoms with Crippen molar-refractivity contribution in [3.8, 4) is 0 Å². The molecule has 6 heterocycles. The molecule has 0 atom stereocenters. The van der Waals surface area contributed by atoms with Crippen molar-refractivity contribution in [3.63, 3.8) is 0 Å². The van der Waals surface area contributed by atoms with Crippen LogP contribution < -0.4 is 21.3 Å². The Balaban J connectivity index is 0.000000179. The van der Waals surface area contributed by atoms with E-state index >= 15 is 8.78 Å². The molecular weight excluding hydrogens is 1140 g/mol. The summed E-state index contributed by atoms with van der Waals surface area (Å²) in [5.41, 5.74) is 1.62. The second-order valence-electron chi connectivity index (χ2n) is 21.2. The quantitative estimate of drug-likeness (QED) is 0.0683. The van der Waals surface area contributed by atoms with Crippen LogP contribution in [-0.2, 0) is 19.6 Å². The number of nitrogens with one attached hydrogen (secondary N) is 4. The van der Waals surface area contributed by atoms with Crippen molar-refractivity contribution in [1.82, 2.24) is 50.6 Å². The summed E-state index contributed by atoms with van der Waals surface area (Å²) in [4.78, 5) is 59.4. The summed E-state index contributed by atoms with van der Waals surface area (Å²) in [5, 5.41) is 12.1. The summed E-state index contributed by atoms with van der Waals surface area (Å²) in [6, 6.07) is 19.4. The van der Waals surface area contributed by atoms with E-state index in [1.54, 1.807) is 33.3 Å². The highest BCUT2D eigenvalue weighted by atomic mass is 35.5. The molecule has 4 N–H and O–H groups in total. The Hall–Kier alpha value is -6.42. The standard InChI is InChI=1S/C21H25ClF2N4O.C20H22ClF2N3O.C19H21ClF2N4O/c1-14-3-5-16(27-19(14)25-2)12-26-13-21(24)7-9-28(10-8-21)20(29)15-4-6-18(23)17(22)11-15;1-14-2-4-16(25-11-14)12-24-13-20(23)6-8-26(9-7-20)19(27)15-3-5-18(22)17(21)10-15;1-13-9-24-17(25-10-13)11-23-12-19(22)4-6-26(7-5-19)18(27)14-2-3-16(21)15(20)8-14/h3-6,11,26H,7-10,12-13H2,1-2H3,(H,25,27);2-5,10-11,24H,6-9,12-13H2,1H3;2-3,8-10,23H,4-7,11-12H2,1H3. The van der Waals surface area contributed by atoms with Crippen LogP contribution in [-0.4, -0.2) is 135 Å². The number of amides is 3. The number of carbonyl (C=O) groups is 3. The second-order valence-corrected chi connectivity index (χ2v) is 22.5. The third-order valence-electron chi connectivity index (χ3n) is 14.8. The van der Waals surface area contributed by atoms with Crippen LogP contribution in [0.5, 0.6) is 0 Å². The van der Waals surface area contributed by atoms with Gasteiger partial charge in [-0.1, -0.05) is 46.9 Å². The minimum Gasteiger partial charge on any atom is -0.373 e. The molecule has 3 fully saturated rings. The summed E-state index contributed by atoms with van der Waals surface area (Å²) in [6.07, 6.45) is 6.68. The van der Waals surface area contributed by atoms with Crippen LogP contribution in [0.3, 0.4) is 0 Å². The predicted molar refractivity (Wildman–Crippen MR) is 311 cm³/mol. The number of anilines is 1. The topological polar surface area (TPSA) is 161 Å². The van der Waals surface area contributed by atoms with Crippen molar-refractivity contribution in [2.24, 2.45) is 0 Å². The van der Waals surface area contributed by atoms with Gasteiger partial charge in [0.2, 0.25) is 0 Å².